The molecule has 0 aromatic carbocycles. The van der Waals surface area contributed by atoms with Gasteiger partial charge in [0.15, 0.2) is 0 Å². The van der Waals surface area contributed by atoms with E-state index < -0.39 is 31.2 Å². The van der Waals surface area contributed by atoms with Gasteiger partial charge in [-0.25, -0.2) is 4.79 Å². The summed E-state index contributed by atoms with van der Waals surface area (Å²) in [6.07, 6.45) is 0.598. The van der Waals surface area contributed by atoms with Gasteiger partial charge in [-0.2, -0.15) is 0 Å². The van der Waals surface area contributed by atoms with E-state index in [4.69, 9.17) is 20.4 Å². The molecule has 88 valence electrons. The van der Waals surface area contributed by atoms with E-state index in [1.165, 1.54) is 6.92 Å². The summed E-state index contributed by atoms with van der Waals surface area (Å²) in [5.74, 6) is -0.766. The fourth-order valence-corrected chi connectivity index (χ4v) is 0.672. The summed E-state index contributed by atoms with van der Waals surface area (Å²) < 4.78 is 4.69. The van der Waals surface area contributed by atoms with Gasteiger partial charge in [-0.1, -0.05) is 0 Å². The van der Waals surface area contributed by atoms with Crippen LogP contribution in [0.4, 0.5) is 0 Å². The number of aliphatic hydroxyl groups is 4. The monoisotopic (exact) mass is 220 g/mol. The normalized spacial score (nSPS) is 12.7. The quantitative estimate of drug-likeness (QED) is 0.258. The number of aliphatic hydroxyl groups excluding tert-OH is 4. The molecule has 0 amide bonds. The maximum atomic E-state index is 11.1. The Labute approximate surface area is 87.4 Å². The average molecular weight is 220 g/mol. The topological polar surface area (TPSA) is 107 Å². The Bertz CT molecular complexity index is 222. The molecule has 0 rings (SSSR count). The number of carbonyl (C=O) groups excluding carboxylic acids is 1. The highest BCUT2D eigenvalue weighted by molar-refractivity contribution is 5.87. The summed E-state index contributed by atoms with van der Waals surface area (Å²) in [6.45, 7) is -0.485. The predicted octanol–water partition coefficient (Wildman–Crippen LogP) is -1.05. The number of hydrogen-bond acceptors (Lipinski definition) is 6. The Kier molecular flexibility index (Phi) is 5.92. The predicted molar refractivity (Wildman–Crippen MR) is 51.0 cm³/mol. The van der Waals surface area contributed by atoms with Gasteiger partial charge >= 0.3 is 5.97 Å². The maximum Gasteiger partial charge on any atom is 0.336 e. The van der Waals surface area contributed by atoms with Crippen LogP contribution >= 0.6 is 0 Å². The summed E-state index contributed by atoms with van der Waals surface area (Å²) in [6, 6.07) is 0. The fourth-order valence-electron chi connectivity index (χ4n) is 0.672. The lowest BCUT2D eigenvalue weighted by Gasteiger charge is -2.26. The lowest BCUT2D eigenvalue weighted by Crippen LogP contribution is -2.39. The molecule has 0 saturated carbocycles. The third kappa shape index (κ3) is 3.86. The number of ether oxygens (including phenoxy) is 1. The van der Waals surface area contributed by atoms with E-state index in [2.05, 4.69) is 4.74 Å². The van der Waals surface area contributed by atoms with Gasteiger partial charge in [-0.15, -0.1) is 0 Å². The van der Waals surface area contributed by atoms with Crippen molar-refractivity contribution in [1.29, 1.82) is 0 Å². The first-order valence-corrected chi connectivity index (χ1v) is 4.36. The highest BCUT2D eigenvalue weighted by atomic mass is 16.5. The van der Waals surface area contributed by atoms with Crippen LogP contribution in [0.15, 0.2) is 11.8 Å². The summed E-state index contributed by atoms with van der Waals surface area (Å²) in [5, 5.41) is 35.2. The zero-order valence-electron chi connectivity index (χ0n) is 8.51. The highest BCUT2D eigenvalue weighted by Gasteiger charge is 2.30. The van der Waals surface area contributed by atoms with Crippen molar-refractivity contribution in [3.8, 4) is 0 Å². The molecule has 0 fully saturated rings. The molecule has 15 heavy (non-hydrogen) atoms. The van der Waals surface area contributed by atoms with Crippen LogP contribution < -0.4 is 0 Å². The van der Waals surface area contributed by atoms with Gasteiger partial charge in [0.1, 0.15) is 6.61 Å². The molecule has 0 spiro atoms. The SMILES string of the molecule is CC(=CO)C(=O)OCC(CO)(CO)CO. The van der Waals surface area contributed by atoms with Gasteiger partial charge < -0.3 is 25.2 Å². The van der Waals surface area contributed by atoms with Crippen LogP contribution in [0.3, 0.4) is 0 Å². The van der Waals surface area contributed by atoms with Crippen molar-refractivity contribution in [3.63, 3.8) is 0 Å². The van der Waals surface area contributed by atoms with Gasteiger partial charge in [-0.05, 0) is 6.92 Å². The Morgan fingerprint density at radius 3 is 2.07 bits per heavy atom. The van der Waals surface area contributed by atoms with Crippen molar-refractivity contribution in [2.45, 2.75) is 6.92 Å². The van der Waals surface area contributed by atoms with Crippen molar-refractivity contribution in [1.82, 2.24) is 0 Å². The minimum atomic E-state index is -1.24. The van der Waals surface area contributed by atoms with Crippen LogP contribution in [-0.4, -0.2) is 52.8 Å². The largest absolute Gasteiger partial charge is 0.515 e. The second kappa shape index (κ2) is 6.39. The lowest BCUT2D eigenvalue weighted by molar-refractivity contribution is -0.146. The fraction of sp³-hybridized carbons (Fsp3) is 0.667. The van der Waals surface area contributed by atoms with Crippen LogP contribution in [0.1, 0.15) is 6.92 Å². The van der Waals surface area contributed by atoms with Crippen molar-refractivity contribution in [2.75, 3.05) is 26.4 Å². The second-order valence-electron chi connectivity index (χ2n) is 3.36. The highest BCUT2D eigenvalue weighted by Crippen LogP contribution is 2.15. The molecule has 0 atom stereocenters. The number of hydrogen-bond donors (Lipinski definition) is 4. The van der Waals surface area contributed by atoms with Crippen molar-refractivity contribution in [3.05, 3.63) is 11.8 Å². The molecular weight excluding hydrogens is 204 g/mol. The van der Waals surface area contributed by atoms with Gasteiger partial charge in [-0.3, -0.25) is 0 Å². The molecule has 0 bridgehead atoms. The van der Waals surface area contributed by atoms with Gasteiger partial charge in [0.05, 0.1) is 37.1 Å². The molecule has 4 N–H and O–H groups in total. The first kappa shape index (κ1) is 13.9. The standard InChI is InChI=1S/C9H16O6/c1-7(2-10)8(14)15-6-9(3-11,4-12)5-13/h2,10-13H,3-6H2,1H3. The Morgan fingerprint density at radius 2 is 1.73 bits per heavy atom. The van der Waals surface area contributed by atoms with E-state index in [0.717, 1.165) is 0 Å². The van der Waals surface area contributed by atoms with E-state index in [0.29, 0.717) is 6.26 Å². The number of rotatable bonds is 6. The third-order valence-corrected chi connectivity index (χ3v) is 2.03. The second-order valence-corrected chi connectivity index (χ2v) is 3.36. The van der Waals surface area contributed by atoms with Crippen molar-refractivity contribution in [2.24, 2.45) is 5.41 Å². The zero-order valence-corrected chi connectivity index (χ0v) is 8.51. The lowest BCUT2D eigenvalue weighted by atomic mass is 9.93. The molecule has 0 radical (unpaired) electrons. The van der Waals surface area contributed by atoms with E-state index >= 15 is 0 Å². The minimum absolute atomic E-state index is 0.00211. The molecule has 0 aromatic heterocycles. The Hall–Kier alpha value is -1.11. The van der Waals surface area contributed by atoms with Crippen LogP contribution in [0.2, 0.25) is 0 Å². The molecule has 6 nitrogen and oxygen atoms in total. The summed E-state index contributed by atoms with van der Waals surface area (Å²) in [7, 11) is 0. The summed E-state index contributed by atoms with van der Waals surface area (Å²) in [4.78, 5) is 11.1. The Balaban J connectivity index is 4.29. The molecular formula is C9H16O6. The molecule has 0 saturated heterocycles. The van der Waals surface area contributed by atoms with Crippen molar-refractivity contribution < 1.29 is 30.0 Å². The molecule has 0 unspecified atom stereocenters. The molecule has 0 aliphatic rings. The summed E-state index contributed by atoms with van der Waals surface area (Å²) >= 11 is 0. The average Bonchev–Trinajstić information content (AvgIpc) is 2.30. The smallest absolute Gasteiger partial charge is 0.336 e. The third-order valence-electron chi connectivity index (χ3n) is 2.03. The van der Waals surface area contributed by atoms with Gasteiger partial charge in [0.2, 0.25) is 0 Å². The van der Waals surface area contributed by atoms with E-state index in [1.54, 1.807) is 0 Å². The van der Waals surface area contributed by atoms with E-state index in [9.17, 15) is 4.79 Å². The van der Waals surface area contributed by atoms with E-state index in [-0.39, 0.29) is 12.2 Å². The minimum Gasteiger partial charge on any atom is -0.515 e. The van der Waals surface area contributed by atoms with Crippen LogP contribution in [0.5, 0.6) is 0 Å². The van der Waals surface area contributed by atoms with Crippen LogP contribution in [0, 0.1) is 5.41 Å². The molecule has 6 heteroatoms. The summed E-state index contributed by atoms with van der Waals surface area (Å²) in [5.41, 5.74) is -1.25. The van der Waals surface area contributed by atoms with Gasteiger partial charge in [0.25, 0.3) is 0 Å². The zero-order chi connectivity index (χ0) is 11.9. The Morgan fingerprint density at radius 1 is 1.27 bits per heavy atom. The molecule has 0 aliphatic heterocycles. The molecule has 0 heterocycles. The van der Waals surface area contributed by atoms with Crippen LogP contribution in [0.25, 0.3) is 0 Å². The molecule has 0 aliphatic carbocycles. The first-order chi connectivity index (χ1) is 7.05. The van der Waals surface area contributed by atoms with Gasteiger partial charge in [0, 0.05) is 0 Å². The van der Waals surface area contributed by atoms with Crippen molar-refractivity contribution >= 4 is 5.97 Å². The van der Waals surface area contributed by atoms with E-state index in [1.807, 2.05) is 0 Å². The van der Waals surface area contributed by atoms with Crippen LogP contribution in [-0.2, 0) is 9.53 Å². The first-order valence-electron chi connectivity index (χ1n) is 4.36. The number of carbonyl (C=O) groups is 1. The number of esters is 1. The molecule has 0 aromatic rings. The maximum absolute atomic E-state index is 11.1.